The van der Waals surface area contributed by atoms with Crippen molar-refractivity contribution in [1.82, 2.24) is 4.90 Å². The molecule has 1 fully saturated rings. The third-order valence-corrected chi connectivity index (χ3v) is 5.02. The van der Waals surface area contributed by atoms with Crippen LogP contribution in [0, 0.1) is 27.2 Å². The Kier molecular flexibility index (Phi) is 5.74. The lowest BCUT2D eigenvalue weighted by molar-refractivity contribution is -0.393. The van der Waals surface area contributed by atoms with Crippen molar-refractivity contribution in [2.75, 3.05) is 42.9 Å². The van der Waals surface area contributed by atoms with Crippen molar-refractivity contribution in [2.24, 2.45) is 0 Å². The number of nitrogens with zero attached hydrogens (tertiary/aromatic N) is 4. The summed E-state index contributed by atoms with van der Waals surface area (Å²) in [6, 6.07) is 9.41. The number of nitrogens with one attached hydrogen (secondary N) is 1. The van der Waals surface area contributed by atoms with Crippen molar-refractivity contribution in [3.63, 3.8) is 0 Å². The monoisotopic (exact) mass is 385 g/mol. The van der Waals surface area contributed by atoms with Crippen molar-refractivity contribution < 1.29 is 9.85 Å². The molecule has 9 nitrogen and oxygen atoms in total. The SMILES string of the molecule is CCN1CCN(c2ccc(Nc3ccc([N+](=O)[O-])cc3[N+](=O)[O-])cc2C)CC1. The number of likely N-dealkylation sites (N-methyl/N-ethyl adjacent to an activating group) is 1. The van der Waals surface area contributed by atoms with Gasteiger partial charge in [-0.05, 0) is 43.3 Å². The molecule has 1 heterocycles. The first-order valence-corrected chi connectivity index (χ1v) is 9.17. The Morgan fingerprint density at radius 2 is 1.71 bits per heavy atom. The number of aryl methyl sites for hydroxylation is 1. The van der Waals surface area contributed by atoms with Crippen LogP contribution in [0.4, 0.5) is 28.4 Å². The summed E-state index contributed by atoms with van der Waals surface area (Å²) in [6.07, 6.45) is 0. The van der Waals surface area contributed by atoms with Gasteiger partial charge in [-0.25, -0.2) is 0 Å². The summed E-state index contributed by atoms with van der Waals surface area (Å²) >= 11 is 0. The van der Waals surface area contributed by atoms with E-state index in [4.69, 9.17) is 0 Å². The number of anilines is 3. The van der Waals surface area contributed by atoms with Gasteiger partial charge >= 0.3 is 0 Å². The van der Waals surface area contributed by atoms with Crippen molar-refractivity contribution in [2.45, 2.75) is 13.8 Å². The van der Waals surface area contributed by atoms with E-state index in [-0.39, 0.29) is 17.1 Å². The summed E-state index contributed by atoms with van der Waals surface area (Å²) in [6.45, 7) is 9.24. The standard InChI is InChI=1S/C19H23N5O4/c1-3-21-8-10-22(11-9-21)18-7-4-15(12-14(18)2)20-17-6-5-16(23(25)26)13-19(17)24(27)28/h4-7,12-13,20H,3,8-11H2,1-2H3. The Morgan fingerprint density at radius 1 is 1.00 bits per heavy atom. The molecular formula is C19H23N5O4. The molecule has 0 aliphatic carbocycles. The van der Waals surface area contributed by atoms with Crippen LogP contribution in [0.3, 0.4) is 0 Å². The highest BCUT2D eigenvalue weighted by molar-refractivity contribution is 5.73. The van der Waals surface area contributed by atoms with Gasteiger partial charge in [0.2, 0.25) is 0 Å². The highest BCUT2D eigenvalue weighted by Gasteiger charge is 2.20. The largest absolute Gasteiger partial charge is 0.369 e. The molecule has 148 valence electrons. The zero-order valence-corrected chi connectivity index (χ0v) is 15.9. The van der Waals surface area contributed by atoms with E-state index in [1.165, 1.54) is 12.1 Å². The van der Waals surface area contributed by atoms with Crippen LogP contribution in [0.25, 0.3) is 0 Å². The minimum atomic E-state index is -0.645. The van der Waals surface area contributed by atoms with Gasteiger partial charge in [-0.1, -0.05) is 6.92 Å². The molecular weight excluding hydrogens is 362 g/mol. The summed E-state index contributed by atoms with van der Waals surface area (Å²) < 4.78 is 0. The van der Waals surface area contributed by atoms with Crippen LogP contribution in [-0.4, -0.2) is 47.5 Å². The normalized spacial score (nSPS) is 14.7. The lowest BCUT2D eigenvalue weighted by Crippen LogP contribution is -2.46. The molecule has 0 radical (unpaired) electrons. The molecule has 0 atom stereocenters. The third kappa shape index (κ3) is 4.20. The molecule has 9 heteroatoms. The van der Waals surface area contributed by atoms with Crippen molar-refractivity contribution in [1.29, 1.82) is 0 Å². The molecule has 1 N–H and O–H groups in total. The molecule has 0 aromatic heterocycles. The summed E-state index contributed by atoms with van der Waals surface area (Å²) in [5.41, 5.74) is 2.50. The summed E-state index contributed by atoms with van der Waals surface area (Å²) in [7, 11) is 0. The zero-order valence-electron chi connectivity index (χ0n) is 15.9. The van der Waals surface area contributed by atoms with Crippen LogP contribution < -0.4 is 10.2 Å². The topological polar surface area (TPSA) is 105 Å². The molecule has 1 aliphatic rings. The van der Waals surface area contributed by atoms with Crippen molar-refractivity contribution in [3.05, 3.63) is 62.2 Å². The van der Waals surface area contributed by atoms with E-state index in [0.717, 1.165) is 50.0 Å². The number of nitro groups is 2. The molecule has 0 saturated carbocycles. The smallest absolute Gasteiger partial charge is 0.299 e. The van der Waals surface area contributed by atoms with Crippen LogP contribution in [0.15, 0.2) is 36.4 Å². The maximum absolute atomic E-state index is 11.3. The van der Waals surface area contributed by atoms with Crippen molar-refractivity contribution in [3.8, 4) is 0 Å². The first-order chi connectivity index (χ1) is 13.4. The number of hydrogen-bond donors (Lipinski definition) is 1. The lowest BCUT2D eigenvalue weighted by Gasteiger charge is -2.36. The van der Waals surface area contributed by atoms with Gasteiger partial charge in [0.25, 0.3) is 11.4 Å². The number of hydrogen-bond acceptors (Lipinski definition) is 7. The average molecular weight is 385 g/mol. The fraction of sp³-hybridized carbons (Fsp3) is 0.368. The maximum atomic E-state index is 11.3. The quantitative estimate of drug-likeness (QED) is 0.597. The fourth-order valence-corrected chi connectivity index (χ4v) is 3.44. The van der Waals surface area contributed by atoms with Crippen LogP contribution in [-0.2, 0) is 0 Å². The molecule has 0 bridgehead atoms. The first kappa shape index (κ1) is 19.6. The van der Waals surface area contributed by atoms with E-state index in [0.29, 0.717) is 5.69 Å². The minimum absolute atomic E-state index is 0.222. The van der Waals surface area contributed by atoms with Crippen LogP contribution >= 0.6 is 0 Å². The molecule has 2 aromatic rings. The Balaban J connectivity index is 1.80. The van der Waals surface area contributed by atoms with Crippen LogP contribution in [0.2, 0.25) is 0 Å². The number of benzene rings is 2. The molecule has 0 spiro atoms. The van der Waals surface area contributed by atoms with Crippen molar-refractivity contribution >= 4 is 28.4 Å². The number of piperazine rings is 1. The predicted octanol–water partition coefficient (Wildman–Crippen LogP) is 3.70. The molecule has 0 amide bonds. The zero-order chi connectivity index (χ0) is 20.3. The van der Waals surface area contributed by atoms with E-state index in [1.807, 2.05) is 25.1 Å². The Morgan fingerprint density at radius 3 is 2.29 bits per heavy atom. The van der Waals surface area contributed by atoms with Gasteiger partial charge < -0.3 is 15.1 Å². The van der Waals surface area contributed by atoms with Gasteiger partial charge in [-0.15, -0.1) is 0 Å². The second-order valence-corrected chi connectivity index (χ2v) is 6.76. The second kappa shape index (κ2) is 8.22. The molecule has 28 heavy (non-hydrogen) atoms. The van der Waals surface area contributed by atoms with Gasteiger partial charge in [0, 0.05) is 43.6 Å². The van der Waals surface area contributed by atoms with Gasteiger partial charge in [0.15, 0.2) is 0 Å². The summed E-state index contributed by atoms with van der Waals surface area (Å²) in [5, 5.41) is 25.2. The molecule has 2 aromatic carbocycles. The van der Waals surface area contributed by atoms with Gasteiger partial charge in [-0.2, -0.15) is 0 Å². The minimum Gasteiger partial charge on any atom is -0.369 e. The number of rotatable bonds is 6. The Bertz CT molecular complexity index is 894. The Labute approximate surface area is 162 Å². The molecule has 0 unspecified atom stereocenters. The van der Waals surface area contributed by atoms with E-state index >= 15 is 0 Å². The second-order valence-electron chi connectivity index (χ2n) is 6.76. The van der Waals surface area contributed by atoms with E-state index in [1.54, 1.807) is 0 Å². The fourth-order valence-electron chi connectivity index (χ4n) is 3.44. The lowest BCUT2D eigenvalue weighted by atomic mass is 10.1. The van der Waals surface area contributed by atoms with Gasteiger partial charge in [0.05, 0.1) is 15.9 Å². The van der Waals surface area contributed by atoms with Crippen LogP contribution in [0.5, 0.6) is 0 Å². The predicted molar refractivity (Wildman–Crippen MR) is 109 cm³/mol. The van der Waals surface area contributed by atoms with Gasteiger partial charge in [-0.3, -0.25) is 20.2 Å². The molecule has 1 aliphatic heterocycles. The molecule has 3 rings (SSSR count). The molecule has 1 saturated heterocycles. The Hall–Kier alpha value is -3.20. The number of nitro benzene ring substituents is 2. The first-order valence-electron chi connectivity index (χ1n) is 9.17. The summed E-state index contributed by atoms with van der Waals surface area (Å²) in [4.78, 5) is 25.7. The highest BCUT2D eigenvalue weighted by Crippen LogP contribution is 2.33. The number of non-ortho nitro benzene ring substituents is 1. The highest BCUT2D eigenvalue weighted by atomic mass is 16.6. The maximum Gasteiger partial charge on any atom is 0.299 e. The van der Waals surface area contributed by atoms with E-state index in [9.17, 15) is 20.2 Å². The van der Waals surface area contributed by atoms with E-state index in [2.05, 4.69) is 22.0 Å². The third-order valence-electron chi connectivity index (χ3n) is 5.02. The van der Waals surface area contributed by atoms with Crippen LogP contribution in [0.1, 0.15) is 12.5 Å². The average Bonchev–Trinajstić information content (AvgIpc) is 2.68. The van der Waals surface area contributed by atoms with Gasteiger partial charge in [0.1, 0.15) is 5.69 Å². The van der Waals surface area contributed by atoms with E-state index < -0.39 is 9.85 Å². The summed E-state index contributed by atoms with van der Waals surface area (Å²) in [5.74, 6) is 0.